The second-order valence-corrected chi connectivity index (χ2v) is 9.56. The maximum atomic E-state index is 13.9. The van der Waals surface area contributed by atoms with Crippen LogP contribution in [0.3, 0.4) is 0 Å². The molecule has 0 aliphatic heterocycles. The molecule has 0 bridgehead atoms. The highest BCUT2D eigenvalue weighted by atomic mass is 32.1. The Hall–Kier alpha value is -3.78. The Morgan fingerprint density at radius 1 is 0.971 bits per heavy atom. The van der Waals surface area contributed by atoms with E-state index in [9.17, 15) is 4.39 Å². The topological polar surface area (TPSA) is 73.7 Å². The molecule has 0 N–H and O–H groups in total. The third-order valence-corrected chi connectivity index (χ3v) is 7.08. The van der Waals surface area contributed by atoms with E-state index >= 15 is 0 Å². The summed E-state index contributed by atoms with van der Waals surface area (Å²) in [4.78, 5) is 22.8. The zero-order chi connectivity index (χ0) is 23.2. The van der Waals surface area contributed by atoms with Crippen molar-refractivity contribution in [2.75, 3.05) is 7.11 Å². The minimum atomic E-state index is -0.354. The summed E-state index contributed by atoms with van der Waals surface area (Å²) in [7, 11) is 1.49. The van der Waals surface area contributed by atoms with Gasteiger partial charge >= 0.3 is 0 Å². The SMILES string of the molecule is COc1cc([C@@H]2C[C@H]2c2cnc(-c3ncccn3)nc2-c2ccc3nc(C)sc3c2)ccc1F. The van der Waals surface area contributed by atoms with E-state index in [4.69, 9.17) is 9.72 Å². The van der Waals surface area contributed by atoms with E-state index in [1.807, 2.05) is 25.3 Å². The number of ether oxygens (including phenoxy) is 1. The molecule has 1 aliphatic rings. The van der Waals surface area contributed by atoms with Crippen LogP contribution in [0.5, 0.6) is 5.75 Å². The molecule has 1 aliphatic carbocycles. The van der Waals surface area contributed by atoms with Crippen LogP contribution >= 0.6 is 11.3 Å². The monoisotopic (exact) mass is 469 g/mol. The molecule has 1 saturated carbocycles. The first-order valence-electron chi connectivity index (χ1n) is 11.0. The fraction of sp³-hybridized carbons (Fsp3) is 0.192. The highest BCUT2D eigenvalue weighted by Crippen LogP contribution is 2.56. The van der Waals surface area contributed by atoms with Crippen LogP contribution in [-0.4, -0.2) is 32.0 Å². The van der Waals surface area contributed by atoms with E-state index in [0.29, 0.717) is 11.6 Å². The van der Waals surface area contributed by atoms with Gasteiger partial charge in [-0.05, 0) is 61.1 Å². The fourth-order valence-electron chi connectivity index (χ4n) is 4.42. The minimum Gasteiger partial charge on any atom is -0.494 e. The van der Waals surface area contributed by atoms with Crippen LogP contribution in [0.2, 0.25) is 0 Å². The van der Waals surface area contributed by atoms with Crippen LogP contribution < -0.4 is 4.74 Å². The summed E-state index contributed by atoms with van der Waals surface area (Å²) >= 11 is 1.67. The third kappa shape index (κ3) is 3.70. The van der Waals surface area contributed by atoms with Gasteiger partial charge in [0.1, 0.15) is 0 Å². The first-order valence-corrected chi connectivity index (χ1v) is 11.8. The van der Waals surface area contributed by atoms with Gasteiger partial charge in [0.25, 0.3) is 0 Å². The van der Waals surface area contributed by atoms with Gasteiger partial charge in [0.15, 0.2) is 23.2 Å². The Bertz CT molecular complexity index is 1520. The number of fused-ring (bicyclic) bond motifs is 1. The van der Waals surface area contributed by atoms with Gasteiger partial charge in [-0.2, -0.15) is 0 Å². The summed E-state index contributed by atoms with van der Waals surface area (Å²) in [6, 6.07) is 13.1. The molecule has 3 aromatic heterocycles. The quantitative estimate of drug-likeness (QED) is 0.317. The van der Waals surface area contributed by atoms with E-state index in [2.05, 4.69) is 32.1 Å². The second-order valence-electron chi connectivity index (χ2n) is 8.33. The van der Waals surface area contributed by atoms with Gasteiger partial charge in [-0.15, -0.1) is 11.3 Å². The number of halogens is 1. The summed E-state index contributed by atoms with van der Waals surface area (Å²) in [6.07, 6.45) is 6.20. The van der Waals surface area contributed by atoms with Crippen LogP contribution in [0.4, 0.5) is 4.39 Å². The van der Waals surface area contributed by atoms with Crippen molar-refractivity contribution >= 4 is 21.6 Å². The number of benzene rings is 2. The molecule has 2 atom stereocenters. The second kappa shape index (κ2) is 8.22. The van der Waals surface area contributed by atoms with Crippen molar-refractivity contribution in [3.05, 3.63) is 83.0 Å². The molecule has 3 heterocycles. The zero-order valence-corrected chi connectivity index (χ0v) is 19.4. The molecular formula is C26H20FN5OS. The van der Waals surface area contributed by atoms with Crippen molar-refractivity contribution in [3.63, 3.8) is 0 Å². The van der Waals surface area contributed by atoms with E-state index in [1.165, 1.54) is 13.2 Å². The Balaban J connectivity index is 1.44. The highest BCUT2D eigenvalue weighted by molar-refractivity contribution is 7.18. The first kappa shape index (κ1) is 20.8. The number of rotatable bonds is 5. The van der Waals surface area contributed by atoms with E-state index in [-0.39, 0.29) is 23.4 Å². The summed E-state index contributed by atoms with van der Waals surface area (Å²) in [5.41, 5.74) is 4.97. The van der Waals surface area contributed by atoms with E-state index in [0.717, 1.165) is 44.0 Å². The van der Waals surface area contributed by atoms with Gasteiger partial charge < -0.3 is 4.74 Å². The molecule has 8 heteroatoms. The fourth-order valence-corrected chi connectivity index (χ4v) is 5.28. The van der Waals surface area contributed by atoms with Gasteiger partial charge in [-0.25, -0.2) is 29.3 Å². The summed E-state index contributed by atoms with van der Waals surface area (Å²) in [5.74, 6) is 1.37. The lowest BCUT2D eigenvalue weighted by atomic mass is 10.00. The Morgan fingerprint density at radius 3 is 2.65 bits per heavy atom. The summed E-state index contributed by atoms with van der Waals surface area (Å²) in [5, 5.41) is 1.03. The van der Waals surface area contributed by atoms with Crippen molar-refractivity contribution in [1.29, 1.82) is 0 Å². The lowest BCUT2D eigenvalue weighted by Crippen LogP contribution is -2.00. The highest BCUT2D eigenvalue weighted by Gasteiger charge is 2.42. The maximum Gasteiger partial charge on any atom is 0.198 e. The number of hydrogen-bond acceptors (Lipinski definition) is 7. The van der Waals surface area contributed by atoms with Crippen molar-refractivity contribution in [1.82, 2.24) is 24.9 Å². The smallest absolute Gasteiger partial charge is 0.198 e. The molecule has 34 heavy (non-hydrogen) atoms. The van der Waals surface area contributed by atoms with Crippen LogP contribution in [0, 0.1) is 12.7 Å². The average Bonchev–Trinajstić information content (AvgIpc) is 3.57. The standard InChI is InChI=1S/C26H20FN5OS/c1-14-31-21-7-5-16(11-23(21)34-14)24-19(13-30-26(32-24)25-28-8-3-9-29-25)18-12-17(18)15-4-6-20(27)22(10-15)33-2/h3-11,13,17-18H,12H2,1-2H3/t17-,18+/m0/s1. The van der Waals surface area contributed by atoms with Gasteiger partial charge in [0, 0.05) is 29.7 Å². The van der Waals surface area contributed by atoms with Gasteiger partial charge in [0.05, 0.1) is 28.0 Å². The van der Waals surface area contributed by atoms with Crippen molar-refractivity contribution in [3.8, 4) is 28.7 Å². The average molecular weight is 470 g/mol. The molecule has 6 nitrogen and oxygen atoms in total. The van der Waals surface area contributed by atoms with Crippen molar-refractivity contribution < 1.29 is 9.13 Å². The zero-order valence-electron chi connectivity index (χ0n) is 18.6. The Labute approximate surface area is 199 Å². The summed E-state index contributed by atoms with van der Waals surface area (Å²) < 4.78 is 20.2. The van der Waals surface area contributed by atoms with Gasteiger partial charge in [0.2, 0.25) is 0 Å². The molecule has 0 saturated heterocycles. The van der Waals surface area contributed by atoms with Gasteiger partial charge in [-0.1, -0.05) is 12.1 Å². The first-order chi connectivity index (χ1) is 16.6. The normalized spacial score (nSPS) is 17.1. The number of nitrogens with zero attached hydrogens (tertiary/aromatic N) is 5. The van der Waals surface area contributed by atoms with Gasteiger partial charge in [-0.3, -0.25) is 0 Å². The molecule has 1 fully saturated rings. The number of thiazole rings is 1. The summed E-state index contributed by atoms with van der Waals surface area (Å²) in [6.45, 7) is 2.01. The lowest BCUT2D eigenvalue weighted by molar-refractivity contribution is 0.386. The molecule has 0 radical (unpaired) electrons. The molecule has 0 amide bonds. The number of aromatic nitrogens is 5. The lowest BCUT2D eigenvalue weighted by Gasteiger charge is -2.11. The Kier molecular flexibility index (Phi) is 5.03. The molecule has 0 unspecified atom stereocenters. The largest absolute Gasteiger partial charge is 0.494 e. The number of aryl methyl sites for hydroxylation is 1. The predicted octanol–water partition coefficient (Wildman–Crippen LogP) is 5.94. The number of hydrogen-bond donors (Lipinski definition) is 0. The van der Waals surface area contributed by atoms with Crippen LogP contribution in [0.1, 0.15) is 34.4 Å². The molecule has 168 valence electrons. The molecule has 6 rings (SSSR count). The van der Waals surface area contributed by atoms with Crippen LogP contribution in [0.25, 0.3) is 33.1 Å². The maximum absolute atomic E-state index is 13.9. The van der Waals surface area contributed by atoms with E-state index in [1.54, 1.807) is 35.9 Å². The predicted molar refractivity (Wildman–Crippen MR) is 129 cm³/mol. The number of methoxy groups -OCH3 is 1. The third-order valence-electron chi connectivity index (χ3n) is 6.14. The van der Waals surface area contributed by atoms with Crippen LogP contribution in [0.15, 0.2) is 61.1 Å². The van der Waals surface area contributed by atoms with Crippen molar-refractivity contribution in [2.24, 2.45) is 0 Å². The molecule has 2 aromatic carbocycles. The van der Waals surface area contributed by atoms with Crippen molar-refractivity contribution in [2.45, 2.75) is 25.2 Å². The minimum absolute atomic E-state index is 0.231. The van der Waals surface area contributed by atoms with E-state index < -0.39 is 0 Å². The molecular weight excluding hydrogens is 449 g/mol. The van der Waals surface area contributed by atoms with Crippen LogP contribution in [-0.2, 0) is 0 Å². The molecule has 0 spiro atoms. The molecule has 5 aromatic rings. The Morgan fingerprint density at radius 2 is 1.82 bits per heavy atom.